The minimum atomic E-state index is -0.915. The van der Waals surface area contributed by atoms with E-state index in [2.05, 4.69) is 15.8 Å². The monoisotopic (exact) mass is 340 g/mol. The standard InChI is InChI=1S/C17H16N4O4/c1-11-3-7-14(8-4-11)18-16(22)17(23)20-19-12(2)13-5-9-15(10-6-13)21(24)25/h3-10H,1-2H3,(H,18,22)(H,20,23)/b19-12-. The summed E-state index contributed by atoms with van der Waals surface area (Å²) in [7, 11) is 0. The Morgan fingerprint density at radius 2 is 1.60 bits per heavy atom. The first-order chi connectivity index (χ1) is 11.9. The van der Waals surface area contributed by atoms with Gasteiger partial charge in [-0.1, -0.05) is 17.7 Å². The van der Waals surface area contributed by atoms with Crippen LogP contribution in [-0.2, 0) is 9.59 Å². The third-order valence-corrected chi connectivity index (χ3v) is 3.34. The molecule has 2 N–H and O–H groups in total. The summed E-state index contributed by atoms with van der Waals surface area (Å²) in [6.45, 7) is 3.52. The number of carbonyl (C=O) groups is 2. The van der Waals surface area contributed by atoms with E-state index in [1.807, 2.05) is 19.1 Å². The van der Waals surface area contributed by atoms with E-state index in [1.165, 1.54) is 24.3 Å². The molecular weight excluding hydrogens is 324 g/mol. The molecule has 0 aromatic heterocycles. The molecule has 0 saturated carbocycles. The summed E-state index contributed by atoms with van der Waals surface area (Å²) >= 11 is 0. The lowest BCUT2D eigenvalue weighted by atomic mass is 10.1. The van der Waals surface area contributed by atoms with Crippen LogP contribution in [-0.4, -0.2) is 22.4 Å². The maximum atomic E-state index is 11.8. The summed E-state index contributed by atoms with van der Waals surface area (Å²) in [5, 5.41) is 16.9. The van der Waals surface area contributed by atoms with Crippen LogP contribution in [0.1, 0.15) is 18.1 Å². The molecule has 25 heavy (non-hydrogen) atoms. The van der Waals surface area contributed by atoms with E-state index in [4.69, 9.17) is 0 Å². The lowest BCUT2D eigenvalue weighted by Gasteiger charge is -2.05. The number of nitro benzene ring substituents is 1. The number of benzene rings is 2. The van der Waals surface area contributed by atoms with Crippen molar-refractivity contribution in [2.45, 2.75) is 13.8 Å². The van der Waals surface area contributed by atoms with E-state index in [0.29, 0.717) is 17.0 Å². The van der Waals surface area contributed by atoms with Gasteiger partial charge in [0.1, 0.15) is 0 Å². The van der Waals surface area contributed by atoms with Crippen molar-refractivity contribution in [1.29, 1.82) is 0 Å². The molecule has 128 valence electrons. The van der Waals surface area contributed by atoms with Gasteiger partial charge in [-0.3, -0.25) is 19.7 Å². The number of aryl methyl sites for hydroxylation is 1. The highest BCUT2D eigenvalue weighted by Crippen LogP contribution is 2.12. The highest BCUT2D eigenvalue weighted by molar-refractivity contribution is 6.39. The minimum Gasteiger partial charge on any atom is -0.318 e. The number of amides is 2. The van der Waals surface area contributed by atoms with Crippen molar-refractivity contribution < 1.29 is 14.5 Å². The number of hydrogen-bond donors (Lipinski definition) is 2. The third-order valence-electron chi connectivity index (χ3n) is 3.34. The van der Waals surface area contributed by atoms with Crippen molar-refractivity contribution in [1.82, 2.24) is 5.43 Å². The van der Waals surface area contributed by atoms with Gasteiger partial charge in [0.25, 0.3) is 5.69 Å². The smallest absolute Gasteiger partial charge is 0.318 e. The molecule has 8 heteroatoms. The van der Waals surface area contributed by atoms with E-state index in [9.17, 15) is 19.7 Å². The number of hydrogen-bond acceptors (Lipinski definition) is 5. The second kappa shape index (κ2) is 7.82. The van der Waals surface area contributed by atoms with Crippen molar-refractivity contribution in [3.05, 3.63) is 69.8 Å². The number of nitro groups is 1. The summed E-state index contributed by atoms with van der Waals surface area (Å²) in [6.07, 6.45) is 0. The van der Waals surface area contributed by atoms with E-state index < -0.39 is 16.7 Å². The molecule has 0 aliphatic heterocycles. The van der Waals surface area contributed by atoms with Gasteiger partial charge in [0.15, 0.2) is 0 Å². The van der Waals surface area contributed by atoms with Crippen LogP contribution in [0.3, 0.4) is 0 Å². The molecule has 2 aromatic carbocycles. The van der Waals surface area contributed by atoms with Gasteiger partial charge in [-0.05, 0) is 43.7 Å². The molecule has 0 radical (unpaired) electrons. The van der Waals surface area contributed by atoms with Crippen LogP contribution >= 0.6 is 0 Å². The molecule has 0 aliphatic carbocycles. The molecule has 0 atom stereocenters. The fourth-order valence-corrected chi connectivity index (χ4v) is 1.90. The highest BCUT2D eigenvalue weighted by Gasteiger charge is 2.13. The lowest BCUT2D eigenvalue weighted by Crippen LogP contribution is -2.32. The second-order valence-corrected chi connectivity index (χ2v) is 5.26. The van der Waals surface area contributed by atoms with Gasteiger partial charge in [0.2, 0.25) is 0 Å². The van der Waals surface area contributed by atoms with Crippen molar-refractivity contribution in [3.8, 4) is 0 Å². The Morgan fingerprint density at radius 3 is 2.16 bits per heavy atom. The quantitative estimate of drug-likeness (QED) is 0.385. The average molecular weight is 340 g/mol. The average Bonchev–Trinajstić information content (AvgIpc) is 2.61. The summed E-state index contributed by atoms with van der Waals surface area (Å²) in [4.78, 5) is 33.7. The highest BCUT2D eigenvalue weighted by atomic mass is 16.6. The number of carbonyl (C=O) groups excluding carboxylic acids is 2. The predicted molar refractivity (Wildman–Crippen MR) is 93.3 cm³/mol. The first-order valence-corrected chi connectivity index (χ1v) is 7.34. The molecule has 2 rings (SSSR count). The van der Waals surface area contributed by atoms with Gasteiger partial charge < -0.3 is 5.32 Å². The third kappa shape index (κ3) is 4.96. The Balaban J connectivity index is 1.96. The fraction of sp³-hybridized carbons (Fsp3) is 0.118. The summed E-state index contributed by atoms with van der Waals surface area (Å²) < 4.78 is 0. The van der Waals surface area contributed by atoms with Crippen molar-refractivity contribution in [2.24, 2.45) is 5.10 Å². The van der Waals surface area contributed by atoms with E-state index in [0.717, 1.165) is 5.56 Å². The van der Waals surface area contributed by atoms with Crippen molar-refractivity contribution in [2.75, 3.05) is 5.32 Å². The normalized spacial score (nSPS) is 10.9. The Labute approximate surface area is 143 Å². The van der Waals surface area contributed by atoms with Gasteiger partial charge in [-0.25, -0.2) is 5.43 Å². The van der Waals surface area contributed by atoms with Gasteiger partial charge in [0.05, 0.1) is 10.6 Å². The Morgan fingerprint density at radius 1 is 1.00 bits per heavy atom. The zero-order chi connectivity index (χ0) is 18.4. The molecule has 0 fully saturated rings. The number of anilines is 1. The summed E-state index contributed by atoms with van der Waals surface area (Å²) in [5.41, 5.74) is 4.64. The molecule has 0 unspecified atom stereocenters. The summed E-state index contributed by atoms with van der Waals surface area (Å²) in [5.74, 6) is -1.76. The molecule has 8 nitrogen and oxygen atoms in total. The molecule has 0 saturated heterocycles. The number of nitrogens with zero attached hydrogens (tertiary/aromatic N) is 2. The van der Waals surface area contributed by atoms with Crippen LogP contribution in [0.2, 0.25) is 0 Å². The molecular formula is C17H16N4O4. The Hall–Kier alpha value is -3.55. The van der Waals surface area contributed by atoms with Crippen LogP contribution < -0.4 is 10.7 Å². The first-order valence-electron chi connectivity index (χ1n) is 7.34. The Kier molecular flexibility index (Phi) is 5.57. The molecule has 2 amide bonds. The molecule has 0 spiro atoms. The van der Waals surface area contributed by atoms with Gasteiger partial charge in [-0.15, -0.1) is 0 Å². The van der Waals surface area contributed by atoms with Crippen molar-refractivity contribution >= 4 is 28.9 Å². The largest absolute Gasteiger partial charge is 0.329 e. The maximum Gasteiger partial charge on any atom is 0.329 e. The molecule has 0 aliphatic rings. The Bertz CT molecular complexity index is 827. The SMILES string of the molecule is C/C(=N/NC(=O)C(=O)Nc1ccc(C)cc1)c1ccc([N+](=O)[O-])cc1. The number of nitrogens with one attached hydrogen (secondary N) is 2. The van der Waals surface area contributed by atoms with Crippen LogP contribution in [0, 0.1) is 17.0 Å². The van der Waals surface area contributed by atoms with Gasteiger partial charge in [-0.2, -0.15) is 5.10 Å². The van der Waals surface area contributed by atoms with E-state index >= 15 is 0 Å². The fourth-order valence-electron chi connectivity index (χ4n) is 1.90. The zero-order valence-corrected chi connectivity index (χ0v) is 13.6. The van der Waals surface area contributed by atoms with Gasteiger partial charge in [0, 0.05) is 17.8 Å². The number of rotatable bonds is 4. The van der Waals surface area contributed by atoms with Crippen LogP contribution in [0.4, 0.5) is 11.4 Å². The van der Waals surface area contributed by atoms with Crippen molar-refractivity contribution in [3.63, 3.8) is 0 Å². The molecule has 0 bridgehead atoms. The predicted octanol–water partition coefficient (Wildman–Crippen LogP) is 2.38. The number of hydrazone groups is 1. The lowest BCUT2D eigenvalue weighted by molar-refractivity contribution is -0.384. The first kappa shape index (κ1) is 17.8. The summed E-state index contributed by atoms with van der Waals surface area (Å²) in [6, 6.07) is 12.7. The minimum absolute atomic E-state index is 0.0435. The second-order valence-electron chi connectivity index (χ2n) is 5.26. The maximum absolute atomic E-state index is 11.8. The number of non-ortho nitro benzene ring substituents is 1. The zero-order valence-electron chi connectivity index (χ0n) is 13.6. The van der Waals surface area contributed by atoms with Crippen LogP contribution in [0.25, 0.3) is 0 Å². The van der Waals surface area contributed by atoms with Crippen LogP contribution in [0.5, 0.6) is 0 Å². The van der Waals surface area contributed by atoms with Gasteiger partial charge >= 0.3 is 11.8 Å². The molecule has 0 heterocycles. The van der Waals surface area contributed by atoms with Crippen LogP contribution in [0.15, 0.2) is 53.6 Å². The topological polar surface area (TPSA) is 114 Å². The molecule has 2 aromatic rings. The van der Waals surface area contributed by atoms with E-state index in [1.54, 1.807) is 19.1 Å². The van der Waals surface area contributed by atoms with E-state index in [-0.39, 0.29) is 5.69 Å².